The molecule has 1 amide bonds. The summed E-state index contributed by atoms with van der Waals surface area (Å²) in [6.07, 6.45) is 2.35. The third-order valence-corrected chi connectivity index (χ3v) is 3.99. The Morgan fingerprint density at radius 3 is 3.00 bits per heavy atom. The van der Waals surface area contributed by atoms with Crippen LogP contribution in [0.3, 0.4) is 0 Å². The molecule has 0 bridgehead atoms. The van der Waals surface area contributed by atoms with E-state index in [0.29, 0.717) is 10.9 Å². The maximum absolute atomic E-state index is 12.3. The molecule has 100 valence electrons. The number of carbonyl (C=O) groups is 1. The van der Waals surface area contributed by atoms with Gasteiger partial charge in [-0.05, 0) is 36.8 Å². The Morgan fingerprint density at radius 2 is 2.39 bits per heavy atom. The highest BCUT2D eigenvalue weighted by molar-refractivity contribution is 7.08. The van der Waals surface area contributed by atoms with Crippen molar-refractivity contribution in [2.75, 3.05) is 20.1 Å². The van der Waals surface area contributed by atoms with E-state index in [4.69, 9.17) is 0 Å². The molecule has 2 heterocycles. The largest absolute Gasteiger partial charge is 0.339 e. The van der Waals surface area contributed by atoms with Gasteiger partial charge in [0.15, 0.2) is 0 Å². The lowest BCUT2D eigenvalue weighted by molar-refractivity contribution is 0.0787. The van der Waals surface area contributed by atoms with E-state index in [0.717, 1.165) is 25.2 Å². The summed E-state index contributed by atoms with van der Waals surface area (Å²) in [5, 5.41) is 7.46. The Bertz CT molecular complexity index is 412. The predicted molar refractivity (Wildman–Crippen MR) is 72.0 cm³/mol. The monoisotopic (exact) mass is 268 g/mol. The lowest BCUT2D eigenvalue weighted by Crippen LogP contribution is -2.38. The molecule has 1 aromatic rings. The first-order chi connectivity index (χ1) is 8.59. The molecule has 2 rings (SSSR count). The van der Waals surface area contributed by atoms with Gasteiger partial charge in [-0.25, -0.2) is 0 Å². The fourth-order valence-corrected chi connectivity index (χ4v) is 3.04. The Labute approximate surface area is 112 Å². The third-order valence-electron chi connectivity index (χ3n) is 3.26. The Balaban J connectivity index is 2.03. The molecule has 1 atom stereocenters. The van der Waals surface area contributed by atoms with Crippen LogP contribution in [0, 0.1) is 0 Å². The molecule has 1 aliphatic rings. The van der Waals surface area contributed by atoms with Crippen LogP contribution in [0.4, 0.5) is 0 Å². The molecular formula is C12H20N4OS. The van der Waals surface area contributed by atoms with Crippen LogP contribution in [0.15, 0.2) is 0 Å². The fourth-order valence-electron chi connectivity index (χ4n) is 2.22. The van der Waals surface area contributed by atoms with Crippen LogP contribution in [0.1, 0.15) is 48.0 Å². The lowest BCUT2D eigenvalue weighted by atomic mass is 10.1. The molecule has 0 spiro atoms. The van der Waals surface area contributed by atoms with E-state index in [1.807, 2.05) is 20.9 Å². The molecule has 1 N–H and O–H groups in total. The summed E-state index contributed by atoms with van der Waals surface area (Å²) in [6.45, 7) is 5.89. The summed E-state index contributed by atoms with van der Waals surface area (Å²) >= 11 is 1.20. The number of amides is 1. The molecule has 1 unspecified atom stereocenters. The first-order valence-electron chi connectivity index (χ1n) is 6.40. The average Bonchev–Trinajstić information content (AvgIpc) is 2.97. The Morgan fingerprint density at radius 1 is 1.61 bits per heavy atom. The van der Waals surface area contributed by atoms with Crippen molar-refractivity contribution < 1.29 is 4.79 Å². The van der Waals surface area contributed by atoms with Crippen molar-refractivity contribution >= 4 is 17.4 Å². The van der Waals surface area contributed by atoms with Crippen molar-refractivity contribution in [3.05, 3.63) is 10.6 Å². The van der Waals surface area contributed by atoms with Gasteiger partial charge >= 0.3 is 0 Å². The topological polar surface area (TPSA) is 58.1 Å². The standard InChI is InChI=1S/C12H20N4OS/c1-8(2)10-11(18-15-14-10)12(17)16(3)7-9-5-4-6-13-9/h8-9,13H,4-7H2,1-3H3. The minimum absolute atomic E-state index is 0.0439. The van der Waals surface area contributed by atoms with Gasteiger partial charge in [0.2, 0.25) is 0 Å². The van der Waals surface area contributed by atoms with Gasteiger partial charge < -0.3 is 10.2 Å². The number of carbonyl (C=O) groups excluding carboxylic acids is 1. The zero-order chi connectivity index (χ0) is 13.1. The average molecular weight is 268 g/mol. The van der Waals surface area contributed by atoms with Gasteiger partial charge in [-0.1, -0.05) is 18.3 Å². The van der Waals surface area contributed by atoms with Crippen molar-refractivity contribution in [2.24, 2.45) is 0 Å². The molecule has 1 saturated heterocycles. The van der Waals surface area contributed by atoms with E-state index < -0.39 is 0 Å². The van der Waals surface area contributed by atoms with Crippen LogP contribution >= 0.6 is 11.5 Å². The lowest BCUT2D eigenvalue weighted by Gasteiger charge is -2.21. The molecule has 5 nitrogen and oxygen atoms in total. The summed E-state index contributed by atoms with van der Waals surface area (Å²) in [6, 6.07) is 0.433. The zero-order valence-electron chi connectivity index (χ0n) is 11.1. The fraction of sp³-hybridized carbons (Fsp3) is 0.750. The van der Waals surface area contributed by atoms with Crippen molar-refractivity contribution in [1.29, 1.82) is 0 Å². The Kier molecular flexibility index (Phi) is 4.29. The van der Waals surface area contributed by atoms with Crippen LogP contribution in [-0.4, -0.2) is 46.6 Å². The Hall–Kier alpha value is -1.01. The molecule has 1 fully saturated rings. The smallest absolute Gasteiger partial charge is 0.267 e. The SMILES string of the molecule is CC(C)c1nnsc1C(=O)N(C)CC1CCCN1. The quantitative estimate of drug-likeness (QED) is 0.898. The summed E-state index contributed by atoms with van der Waals surface area (Å²) in [5.74, 6) is 0.281. The number of likely N-dealkylation sites (N-methyl/N-ethyl adjacent to an activating group) is 1. The molecule has 18 heavy (non-hydrogen) atoms. The van der Waals surface area contributed by atoms with Crippen molar-refractivity contribution in [3.63, 3.8) is 0 Å². The van der Waals surface area contributed by atoms with Crippen LogP contribution in [0.2, 0.25) is 0 Å². The number of nitrogens with one attached hydrogen (secondary N) is 1. The normalized spacial score (nSPS) is 19.4. The first-order valence-corrected chi connectivity index (χ1v) is 7.18. The van der Waals surface area contributed by atoms with Gasteiger partial charge in [-0.3, -0.25) is 4.79 Å². The van der Waals surface area contributed by atoms with Gasteiger partial charge in [-0.2, -0.15) is 0 Å². The minimum Gasteiger partial charge on any atom is -0.339 e. The van der Waals surface area contributed by atoms with Gasteiger partial charge in [0.1, 0.15) is 4.88 Å². The minimum atomic E-state index is 0.0439. The maximum Gasteiger partial charge on any atom is 0.267 e. The predicted octanol–water partition coefficient (Wildman–Crippen LogP) is 1.49. The summed E-state index contributed by atoms with van der Waals surface area (Å²) in [7, 11) is 1.85. The van der Waals surface area contributed by atoms with Crippen molar-refractivity contribution in [1.82, 2.24) is 19.8 Å². The molecule has 0 aromatic carbocycles. The summed E-state index contributed by atoms with van der Waals surface area (Å²) in [5.41, 5.74) is 0.816. The van der Waals surface area contributed by atoms with Gasteiger partial charge in [0.25, 0.3) is 5.91 Å². The van der Waals surface area contributed by atoms with Crippen LogP contribution in [-0.2, 0) is 0 Å². The highest BCUT2D eigenvalue weighted by atomic mass is 32.1. The van der Waals surface area contributed by atoms with E-state index in [9.17, 15) is 4.79 Å². The second kappa shape index (κ2) is 5.75. The highest BCUT2D eigenvalue weighted by Crippen LogP contribution is 2.21. The molecule has 0 aliphatic carbocycles. The van der Waals surface area contributed by atoms with E-state index >= 15 is 0 Å². The second-order valence-electron chi connectivity index (χ2n) is 5.12. The number of hydrogen-bond acceptors (Lipinski definition) is 5. The number of rotatable bonds is 4. The molecule has 0 radical (unpaired) electrons. The van der Waals surface area contributed by atoms with E-state index in [-0.39, 0.29) is 11.8 Å². The number of aromatic nitrogens is 2. The first kappa shape index (κ1) is 13.4. The van der Waals surface area contributed by atoms with Crippen molar-refractivity contribution in [2.45, 2.75) is 38.6 Å². The zero-order valence-corrected chi connectivity index (χ0v) is 12.0. The molecule has 6 heteroatoms. The van der Waals surface area contributed by atoms with Crippen LogP contribution in [0.25, 0.3) is 0 Å². The summed E-state index contributed by atoms with van der Waals surface area (Å²) < 4.78 is 3.91. The molecule has 0 saturated carbocycles. The summed E-state index contributed by atoms with van der Waals surface area (Å²) in [4.78, 5) is 14.8. The van der Waals surface area contributed by atoms with E-state index in [1.165, 1.54) is 18.0 Å². The van der Waals surface area contributed by atoms with E-state index in [2.05, 4.69) is 14.9 Å². The highest BCUT2D eigenvalue weighted by Gasteiger charge is 2.24. The van der Waals surface area contributed by atoms with Crippen molar-refractivity contribution in [3.8, 4) is 0 Å². The van der Waals surface area contributed by atoms with E-state index in [1.54, 1.807) is 4.90 Å². The third kappa shape index (κ3) is 2.87. The molecule has 1 aliphatic heterocycles. The number of nitrogens with zero attached hydrogens (tertiary/aromatic N) is 3. The second-order valence-corrected chi connectivity index (χ2v) is 5.88. The van der Waals surface area contributed by atoms with Gasteiger partial charge in [-0.15, -0.1) is 5.10 Å². The number of hydrogen-bond donors (Lipinski definition) is 1. The van der Waals surface area contributed by atoms with Crippen LogP contribution < -0.4 is 5.32 Å². The van der Waals surface area contributed by atoms with Gasteiger partial charge in [0.05, 0.1) is 5.69 Å². The van der Waals surface area contributed by atoms with Gasteiger partial charge in [0, 0.05) is 19.6 Å². The maximum atomic E-state index is 12.3. The molecule has 1 aromatic heterocycles. The molecular weight excluding hydrogens is 248 g/mol. The van der Waals surface area contributed by atoms with Crippen LogP contribution in [0.5, 0.6) is 0 Å².